The molecule has 0 amide bonds. The fraction of sp³-hybridized carbons (Fsp3) is 0.227. The van der Waals surface area contributed by atoms with Gasteiger partial charge in [-0.25, -0.2) is 4.57 Å². The first kappa shape index (κ1) is 12.8. The van der Waals surface area contributed by atoms with Gasteiger partial charge in [0.15, 0.2) is 5.59 Å². The summed E-state index contributed by atoms with van der Waals surface area (Å²) in [5.74, 6) is 0. The molecule has 124 valence electrons. The van der Waals surface area contributed by atoms with Crippen molar-refractivity contribution in [1.82, 2.24) is 0 Å². The Balaban J connectivity index is 2.03. The largest absolute Gasteiger partial charge is 0.404 e. The van der Waals surface area contributed by atoms with E-state index in [1.807, 2.05) is 44.3 Å². The normalized spacial score (nSPS) is 16.6. The van der Waals surface area contributed by atoms with Gasteiger partial charge in [0.2, 0.25) is 5.52 Å². The molecule has 0 bridgehead atoms. The molecule has 2 aromatic carbocycles. The maximum Gasteiger partial charge on any atom is 0.399 e. The van der Waals surface area contributed by atoms with Gasteiger partial charge in [0.1, 0.15) is 7.05 Å². The molecule has 0 spiro atoms. The number of nitrogens with zero attached hydrogens (tertiary/aromatic N) is 2. The van der Waals surface area contributed by atoms with Crippen LogP contribution in [0.2, 0.25) is 0 Å². The molecule has 0 saturated heterocycles. The summed E-state index contributed by atoms with van der Waals surface area (Å²) in [5.41, 5.74) is 6.54. The topological polar surface area (TPSA) is 7.12 Å². The van der Waals surface area contributed by atoms with Gasteiger partial charge in [-0.1, -0.05) is 35.8 Å². The van der Waals surface area contributed by atoms with Crippen LogP contribution in [0.15, 0.2) is 60.1 Å². The predicted octanol–water partition coefficient (Wildman–Crippen LogP) is 3.65. The number of fused-ring (bicyclic) bond motifs is 2. The maximum absolute atomic E-state index is 8.18. The zero-order chi connectivity index (χ0) is 20.2. The number of rotatable bonds is 1. The average molecular weight is 330 g/mol. The molecule has 0 saturated carbocycles. The standard InChI is InChI=1S/C22H24BN2/c1-15-14-22(24(4)20-12-8-6-10-18(15)20)23-17(3)16(2)19-11-7-9-13-21(19)25(23)5/h6-14H,1-5H3/q+1/i2D3. The predicted molar refractivity (Wildman–Crippen MR) is 108 cm³/mol. The van der Waals surface area contributed by atoms with E-state index in [2.05, 4.69) is 47.6 Å². The molecule has 0 aliphatic carbocycles. The number of hydrogen-bond acceptors (Lipinski definition) is 1. The summed E-state index contributed by atoms with van der Waals surface area (Å²) >= 11 is 0. The van der Waals surface area contributed by atoms with Gasteiger partial charge in [-0.2, -0.15) is 0 Å². The van der Waals surface area contributed by atoms with Crippen LogP contribution >= 0.6 is 0 Å². The molecule has 3 heteroatoms. The molecular weight excluding hydrogens is 303 g/mol. The smallest absolute Gasteiger partial charge is 0.399 e. The number of aromatic nitrogens is 1. The molecule has 2 heterocycles. The highest BCUT2D eigenvalue weighted by Gasteiger charge is 2.38. The molecular formula is C22H24BN2+. The zero-order valence-electron chi connectivity index (χ0n) is 18.2. The van der Waals surface area contributed by atoms with Crippen molar-refractivity contribution in [2.24, 2.45) is 7.05 Å². The van der Waals surface area contributed by atoms with E-state index in [0.717, 1.165) is 27.8 Å². The number of benzene rings is 2. The van der Waals surface area contributed by atoms with E-state index < -0.39 is 6.85 Å². The van der Waals surface area contributed by atoms with Crippen LogP contribution in [-0.2, 0) is 7.05 Å². The molecule has 4 rings (SSSR count). The van der Waals surface area contributed by atoms with Gasteiger partial charge in [0.05, 0.1) is 0 Å². The molecule has 1 aromatic heterocycles. The molecule has 0 radical (unpaired) electrons. The first-order valence-corrected chi connectivity index (χ1v) is 8.63. The molecule has 0 atom stereocenters. The van der Waals surface area contributed by atoms with E-state index in [1.54, 1.807) is 0 Å². The monoisotopic (exact) mass is 330 g/mol. The van der Waals surface area contributed by atoms with Crippen molar-refractivity contribution in [1.29, 1.82) is 0 Å². The Kier molecular flexibility index (Phi) is 2.94. The van der Waals surface area contributed by atoms with Crippen LogP contribution in [0, 0.1) is 6.92 Å². The third-order valence-electron chi connectivity index (χ3n) is 5.47. The summed E-state index contributed by atoms with van der Waals surface area (Å²) in [6.45, 7) is 1.78. The minimum atomic E-state index is -2.16. The number of para-hydroxylation sites is 2. The lowest BCUT2D eigenvalue weighted by molar-refractivity contribution is -0.627. The lowest BCUT2D eigenvalue weighted by Gasteiger charge is -2.34. The van der Waals surface area contributed by atoms with Crippen LogP contribution in [-0.4, -0.2) is 13.9 Å². The summed E-state index contributed by atoms with van der Waals surface area (Å²) in [7, 11) is 4.11. The van der Waals surface area contributed by atoms with Gasteiger partial charge in [-0.05, 0) is 56.6 Å². The molecule has 3 aromatic rings. The highest BCUT2D eigenvalue weighted by atomic mass is 15.1. The minimum Gasteiger partial charge on any atom is -0.404 e. The zero-order valence-corrected chi connectivity index (χ0v) is 15.2. The van der Waals surface area contributed by atoms with Crippen LogP contribution in [0.4, 0.5) is 5.69 Å². The van der Waals surface area contributed by atoms with Crippen molar-refractivity contribution in [3.05, 3.63) is 71.2 Å². The average Bonchev–Trinajstić information content (AvgIpc) is 2.65. The van der Waals surface area contributed by atoms with Gasteiger partial charge in [-0.3, -0.25) is 0 Å². The Morgan fingerprint density at radius 2 is 1.76 bits per heavy atom. The van der Waals surface area contributed by atoms with Crippen molar-refractivity contribution in [3.63, 3.8) is 0 Å². The molecule has 0 fully saturated rings. The Morgan fingerprint density at radius 3 is 2.56 bits per heavy atom. The van der Waals surface area contributed by atoms with E-state index in [1.165, 1.54) is 10.9 Å². The van der Waals surface area contributed by atoms with Gasteiger partial charge in [0.25, 0.3) is 0 Å². The Bertz CT molecular complexity index is 1120. The van der Waals surface area contributed by atoms with Crippen LogP contribution in [0.5, 0.6) is 0 Å². The van der Waals surface area contributed by atoms with Gasteiger partial charge < -0.3 is 4.81 Å². The summed E-state index contributed by atoms with van der Waals surface area (Å²) in [6, 6.07) is 18.3. The molecule has 1 aliphatic heterocycles. The number of pyridine rings is 1. The van der Waals surface area contributed by atoms with Crippen molar-refractivity contribution in [2.75, 3.05) is 11.9 Å². The van der Waals surface area contributed by atoms with Crippen molar-refractivity contribution < 1.29 is 8.68 Å². The quantitative estimate of drug-likeness (QED) is 0.488. The van der Waals surface area contributed by atoms with Crippen LogP contribution in [0.3, 0.4) is 0 Å². The first-order valence-electron chi connectivity index (χ1n) is 10.1. The van der Waals surface area contributed by atoms with Crippen LogP contribution in [0.25, 0.3) is 16.5 Å². The van der Waals surface area contributed by atoms with Crippen LogP contribution < -0.4 is 15.0 Å². The number of aryl methyl sites for hydroxylation is 2. The molecule has 2 nitrogen and oxygen atoms in total. The number of hydrogen-bond donors (Lipinski definition) is 0. The number of allylic oxidation sites excluding steroid dienone is 2. The second-order valence-electron chi connectivity index (χ2n) is 6.92. The summed E-state index contributed by atoms with van der Waals surface area (Å²) in [4.78, 5) is 2.20. The second-order valence-corrected chi connectivity index (χ2v) is 6.92. The third kappa shape index (κ3) is 2.30. The van der Waals surface area contributed by atoms with Crippen molar-refractivity contribution >= 4 is 34.6 Å². The highest BCUT2D eigenvalue weighted by molar-refractivity contribution is 6.83. The highest BCUT2D eigenvalue weighted by Crippen LogP contribution is 2.35. The van der Waals surface area contributed by atoms with E-state index >= 15 is 0 Å². The lowest BCUT2D eigenvalue weighted by atomic mass is 9.48. The second kappa shape index (κ2) is 5.77. The fourth-order valence-corrected chi connectivity index (χ4v) is 4.09. The third-order valence-corrected chi connectivity index (χ3v) is 5.47. The Hall–Kier alpha value is -2.55. The van der Waals surface area contributed by atoms with E-state index in [9.17, 15) is 0 Å². The van der Waals surface area contributed by atoms with Crippen molar-refractivity contribution in [2.45, 2.75) is 20.7 Å². The summed E-state index contributed by atoms with van der Waals surface area (Å²) in [5, 5.41) is 1.21. The maximum atomic E-state index is 8.18. The van der Waals surface area contributed by atoms with Gasteiger partial charge in [-0.15, -0.1) is 0 Å². The first-order chi connectivity index (χ1) is 13.2. The fourth-order valence-electron chi connectivity index (χ4n) is 4.09. The lowest BCUT2D eigenvalue weighted by Crippen LogP contribution is -2.62. The van der Waals surface area contributed by atoms with Gasteiger partial charge in [0, 0.05) is 27.3 Å². The SMILES string of the molecule is [2H]C([2H])([2H])C1=C(C)B(c2cc(C)c3ccccc3[n+]2C)N(C)c2ccccc21. The molecule has 25 heavy (non-hydrogen) atoms. The van der Waals surface area contributed by atoms with Gasteiger partial charge >= 0.3 is 6.85 Å². The van der Waals surface area contributed by atoms with E-state index in [4.69, 9.17) is 4.11 Å². The van der Waals surface area contributed by atoms with Crippen molar-refractivity contribution in [3.8, 4) is 0 Å². The van der Waals surface area contributed by atoms with E-state index in [0.29, 0.717) is 5.57 Å². The Morgan fingerprint density at radius 1 is 1.04 bits per heavy atom. The summed E-state index contributed by atoms with van der Waals surface area (Å²) in [6.07, 6.45) is 0. The molecule has 0 N–H and O–H groups in total. The molecule has 1 aliphatic rings. The molecule has 0 unspecified atom stereocenters. The minimum absolute atomic E-state index is 0.140. The van der Waals surface area contributed by atoms with E-state index in [-0.39, 0.29) is 6.85 Å². The summed E-state index contributed by atoms with van der Waals surface area (Å²) < 4.78 is 26.7. The Labute approximate surface area is 154 Å². The number of anilines is 1. The van der Waals surface area contributed by atoms with Crippen LogP contribution in [0.1, 0.15) is 29.0 Å².